The molecular formula is C16H24N4. The van der Waals surface area contributed by atoms with Crippen LogP contribution in [0.3, 0.4) is 0 Å². The Bertz CT molecular complexity index is 531. The fourth-order valence-electron chi connectivity index (χ4n) is 2.09. The average Bonchev–Trinajstić information content (AvgIpc) is 2.36. The summed E-state index contributed by atoms with van der Waals surface area (Å²) < 4.78 is 0. The first-order chi connectivity index (χ1) is 9.31. The second-order valence-corrected chi connectivity index (χ2v) is 5.28. The minimum Gasteiger partial charge on any atom is -0.397 e. The largest absolute Gasteiger partial charge is 0.397 e. The van der Waals surface area contributed by atoms with E-state index in [1.165, 1.54) is 0 Å². The number of nitrogens with zero attached hydrogens (tertiary/aromatic N) is 2. The number of benzene rings is 1. The fourth-order valence-corrected chi connectivity index (χ4v) is 2.09. The van der Waals surface area contributed by atoms with Gasteiger partial charge in [-0.05, 0) is 38.5 Å². The van der Waals surface area contributed by atoms with Crippen molar-refractivity contribution in [3.05, 3.63) is 49.1 Å². The first kappa shape index (κ1) is 16.1. The number of nitrogen functional groups attached to an aromatic ring is 1. The molecule has 0 saturated heterocycles. The van der Waals surface area contributed by atoms with Crippen LogP contribution in [0.25, 0.3) is 0 Å². The van der Waals surface area contributed by atoms with Crippen molar-refractivity contribution >= 4 is 17.1 Å². The highest BCUT2D eigenvalue weighted by molar-refractivity contribution is 6.04. The van der Waals surface area contributed by atoms with Crippen molar-refractivity contribution in [3.8, 4) is 0 Å². The Morgan fingerprint density at radius 2 is 2.05 bits per heavy atom. The average molecular weight is 272 g/mol. The van der Waals surface area contributed by atoms with Crippen molar-refractivity contribution in [3.63, 3.8) is 0 Å². The van der Waals surface area contributed by atoms with Crippen molar-refractivity contribution in [2.24, 2.45) is 10.8 Å². The van der Waals surface area contributed by atoms with Crippen LogP contribution >= 0.6 is 0 Å². The third kappa shape index (κ3) is 3.56. The molecule has 0 amide bonds. The van der Waals surface area contributed by atoms with E-state index in [9.17, 15) is 0 Å². The Morgan fingerprint density at radius 1 is 1.45 bits per heavy atom. The summed E-state index contributed by atoms with van der Waals surface area (Å²) in [7, 11) is 1.82. The molecular weight excluding hydrogens is 248 g/mol. The molecule has 0 heterocycles. The van der Waals surface area contributed by atoms with Crippen molar-refractivity contribution in [1.82, 2.24) is 5.01 Å². The summed E-state index contributed by atoms with van der Waals surface area (Å²) in [4.78, 5) is 4.63. The smallest absolute Gasteiger partial charge is 0.0863 e. The molecule has 0 aliphatic carbocycles. The summed E-state index contributed by atoms with van der Waals surface area (Å²) >= 11 is 0. The van der Waals surface area contributed by atoms with Gasteiger partial charge in [-0.1, -0.05) is 24.3 Å². The minimum absolute atomic E-state index is 0.476. The van der Waals surface area contributed by atoms with Crippen molar-refractivity contribution < 1.29 is 0 Å². The molecule has 4 N–H and O–H groups in total. The van der Waals surface area contributed by atoms with E-state index in [-0.39, 0.29) is 0 Å². The number of anilines is 1. The molecule has 0 saturated carbocycles. The Balaban J connectivity index is 3.31. The molecule has 1 rings (SSSR count). The molecule has 1 unspecified atom stereocenters. The molecule has 1 aromatic rings. The standard InChI is InChI=1S/C16H24N4/c1-6-15(16(4,20(5)18)11-12(2)3)19-14-10-8-7-9-13(14)17/h6-10H,1-2,11,17-18H2,3-5H3. The lowest BCUT2D eigenvalue weighted by molar-refractivity contribution is 0.209. The van der Waals surface area contributed by atoms with Gasteiger partial charge >= 0.3 is 0 Å². The lowest BCUT2D eigenvalue weighted by Gasteiger charge is -2.36. The van der Waals surface area contributed by atoms with Gasteiger partial charge < -0.3 is 5.73 Å². The molecule has 1 aromatic carbocycles. The monoisotopic (exact) mass is 272 g/mol. The Labute approximate surface area is 121 Å². The minimum atomic E-state index is -0.476. The lowest BCUT2D eigenvalue weighted by atomic mass is 9.87. The van der Waals surface area contributed by atoms with Crippen LogP contribution in [0.5, 0.6) is 0 Å². The Kier molecular flexibility index (Phi) is 5.25. The van der Waals surface area contributed by atoms with Crippen LogP contribution < -0.4 is 11.6 Å². The van der Waals surface area contributed by atoms with E-state index in [1.807, 2.05) is 45.2 Å². The number of hydrogen-bond acceptors (Lipinski definition) is 4. The van der Waals surface area contributed by atoms with Gasteiger partial charge in [0.05, 0.1) is 22.6 Å². The van der Waals surface area contributed by atoms with Gasteiger partial charge in [-0.2, -0.15) is 0 Å². The van der Waals surface area contributed by atoms with Gasteiger partial charge in [0.25, 0.3) is 0 Å². The van der Waals surface area contributed by atoms with Gasteiger partial charge in [0.15, 0.2) is 0 Å². The molecule has 0 aliphatic rings. The van der Waals surface area contributed by atoms with Crippen molar-refractivity contribution in [2.45, 2.75) is 25.8 Å². The van der Waals surface area contributed by atoms with E-state index in [4.69, 9.17) is 11.6 Å². The number of hydrazine groups is 1. The van der Waals surface area contributed by atoms with E-state index >= 15 is 0 Å². The first-order valence-corrected chi connectivity index (χ1v) is 6.50. The van der Waals surface area contributed by atoms with E-state index in [0.717, 1.165) is 17.0 Å². The van der Waals surface area contributed by atoms with E-state index in [0.29, 0.717) is 12.1 Å². The highest BCUT2D eigenvalue weighted by Gasteiger charge is 2.32. The molecule has 0 bridgehead atoms. The first-order valence-electron chi connectivity index (χ1n) is 6.50. The van der Waals surface area contributed by atoms with Crippen LogP contribution in [0, 0.1) is 0 Å². The van der Waals surface area contributed by atoms with Gasteiger partial charge in [0, 0.05) is 7.05 Å². The third-order valence-corrected chi connectivity index (χ3v) is 3.35. The zero-order chi connectivity index (χ0) is 15.3. The van der Waals surface area contributed by atoms with E-state index in [2.05, 4.69) is 18.2 Å². The number of nitrogens with two attached hydrogens (primary N) is 2. The summed E-state index contributed by atoms with van der Waals surface area (Å²) in [6.45, 7) is 11.8. The van der Waals surface area contributed by atoms with Gasteiger partial charge in [-0.25, -0.2) is 10.0 Å². The quantitative estimate of drug-likeness (QED) is 0.275. The zero-order valence-electron chi connectivity index (χ0n) is 12.6. The summed E-state index contributed by atoms with van der Waals surface area (Å²) in [6.07, 6.45) is 2.41. The van der Waals surface area contributed by atoms with E-state index in [1.54, 1.807) is 11.1 Å². The van der Waals surface area contributed by atoms with Crippen LogP contribution in [-0.2, 0) is 0 Å². The molecule has 0 aromatic heterocycles. The maximum Gasteiger partial charge on any atom is 0.0863 e. The van der Waals surface area contributed by atoms with Crippen LogP contribution in [0.1, 0.15) is 20.3 Å². The Morgan fingerprint density at radius 3 is 2.50 bits per heavy atom. The van der Waals surface area contributed by atoms with Gasteiger partial charge in [-0.15, -0.1) is 6.58 Å². The van der Waals surface area contributed by atoms with Gasteiger partial charge in [-0.3, -0.25) is 5.84 Å². The van der Waals surface area contributed by atoms with Crippen molar-refractivity contribution in [1.29, 1.82) is 0 Å². The number of para-hydroxylation sites is 2. The van der Waals surface area contributed by atoms with Crippen LogP contribution in [-0.4, -0.2) is 23.3 Å². The summed E-state index contributed by atoms with van der Waals surface area (Å²) in [5.74, 6) is 6.02. The molecule has 1 atom stereocenters. The maximum absolute atomic E-state index is 6.02. The fraction of sp³-hybridized carbons (Fsp3) is 0.312. The summed E-state index contributed by atoms with van der Waals surface area (Å²) in [6, 6.07) is 7.47. The predicted molar refractivity (Wildman–Crippen MR) is 87.9 cm³/mol. The molecule has 4 nitrogen and oxygen atoms in total. The molecule has 108 valence electrons. The normalized spacial score (nSPS) is 14.9. The second kappa shape index (κ2) is 6.50. The topological polar surface area (TPSA) is 67.6 Å². The molecule has 0 aliphatic heterocycles. The predicted octanol–water partition coefficient (Wildman–Crippen LogP) is 3.06. The molecule has 4 heteroatoms. The van der Waals surface area contributed by atoms with Crippen LogP contribution in [0.15, 0.2) is 54.1 Å². The molecule has 20 heavy (non-hydrogen) atoms. The van der Waals surface area contributed by atoms with Gasteiger partial charge in [0.1, 0.15) is 0 Å². The number of rotatable bonds is 6. The molecule has 0 fully saturated rings. The zero-order valence-corrected chi connectivity index (χ0v) is 12.6. The third-order valence-electron chi connectivity index (χ3n) is 3.35. The highest BCUT2D eigenvalue weighted by Crippen LogP contribution is 2.27. The number of hydrogen-bond donors (Lipinski definition) is 2. The second-order valence-electron chi connectivity index (χ2n) is 5.28. The maximum atomic E-state index is 6.02. The molecule has 0 radical (unpaired) electrons. The Hall–Kier alpha value is -1.91. The van der Waals surface area contributed by atoms with Crippen LogP contribution in [0.4, 0.5) is 11.4 Å². The van der Waals surface area contributed by atoms with Gasteiger partial charge in [0.2, 0.25) is 0 Å². The molecule has 0 spiro atoms. The van der Waals surface area contributed by atoms with Crippen LogP contribution in [0.2, 0.25) is 0 Å². The SMILES string of the molecule is C=CC(=Nc1ccccc1N)C(C)(CC(=C)C)N(C)N. The number of aliphatic imine (C=N–C) groups is 1. The van der Waals surface area contributed by atoms with Crippen molar-refractivity contribution in [2.75, 3.05) is 12.8 Å². The highest BCUT2D eigenvalue weighted by atomic mass is 15.4. The summed E-state index contributed by atoms with van der Waals surface area (Å²) in [5.41, 5.74) is 8.61. The summed E-state index contributed by atoms with van der Waals surface area (Å²) in [5, 5.41) is 1.64. The van der Waals surface area contributed by atoms with E-state index < -0.39 is 5.54 Å². The lowest BCUT2D eigenvalue weighted by Crippen LogP contribution is -2.53.